The van der Waals surface area contributed by atoms with Crippen LogP contribution in [0.2, 0.25) is 0 Å². The van der Waals surface area contributed by atoms with E-state index in [1.807, 2.05) is 12.4 Å². The monoisotopic (exact) mass is 245 g/mol. The van der Waals surface area contributed by atoms with E-state index in [0.29, 0.717) is 12.1 Å². The van der Waals surface area contributed by atoms with Crippen LogP contribution in [0.3, 0.4) is 0 Å². The first-order valence-corrected chi connectivity index (χ1v) is 7.15. The van der Waals surface area contributed by atoms with E-state index < -0.39 is 0 Å². The van der Waals surface area contributed by atoms with Crippen LogP contribution in [0, 0.1) is 0 Å². The molecule has 0 amide bonds. The Balaban J connectivity index is 1.75. The van der Waals surface area contributed by atoms with Crippen molar-refractivity contribution in [2.45, 2.75) is 44.8 Å². The second-order valence-electron chi connectivity index (χ2n) is 5.79. The molecule has 0 aliphatic carbocycles. The van der Waals surface area contributed by atoms with Crippen LogP contribution in [0.1, 0.15) is 38.3 Å². The molecule has 0 bridgehead atoms. The highest BCUT2D eigenvalue weighted by molar-refractivity contribution is 5.15. The lowest BCUT2D eigenvalue weighted by Gasteiger charge is -2.45. The topological polar surface area (TPSA) is 19.4 Å². The Morgan fingerprint density at radius 1 is 1.28 bits per heavy atom. The number of nitrogens with zero attached hydrogens (tertiary/aromatic N) is 3. The number of hydrogen-bond acceptors (Lipinski definition) is 3. The SMILES string of the molecule is CC1CN2CCCC2CN1C(C)c1ccncc1. The van der Waals surface area contributed by atoms with Crippen LogP contribution < -0.4 is 0 Å². The van der Waals surface area contributed by atoms with Gasteiger partial charge < -0.3 is 0 Å². The summed E-state index contributed by atoms with van der Waals surface area (Å²) < 4.78 is 0. The summed E-state index contributed by atoms with van der Waals surface area (Å²) in [7, 11) is 0. The van der Waals surface area contributed by atoms with Crippen molar-refractivity contribution < 1.29 is 0 Å². The maximum Gasteiger partial charge on any atom is 0.0325 e. The van der Waals surface area contributed by atoms with Crippen LogP contribution in [0.15, 0.2) is 24.5 Å². The number of hydrogen-bond donors (Lipinski definition) is 0. The van der Waals surface area contributed by atoms with Crippen LogP contribution in [-0.4, -0.2) is 46.5 Å². The molecular weight excluding hydrogens is 222 g/mol. The van der Waals surface area contributed by atoms with E-state index in [1.54, 1.807) is 0 Å². The fourth-order valence-electron chi connectivity index (χ4n) is 3.58. The fourth-order valence-corrected chi connectivity index (χ4v) is 3.58. The molecule has 0 saturated carbocycles. The Labute approximate surface area is 110 Å². The molecule has 0 radical (unpaired) electrons. The second-order valence-corrected chi connectivity index (χ2v) is 5.79. The van der Waals surface area contributed by atoms with Gasteiger partial charge in [-0.25, -0.2) is 0 Å². The summed E-state index contributed by atoms with van der Waals surface area (Å²) in [4.78, 5) is 9.47. The lowest BCUT2D eigenvalue weighted by Crippen LogP contribution is -2.55. The maximum absolute atomic E-state index is 4.12. The van der Waals surface area contributed by atoms with Gasteiger partial charge in [-0.15, -0.1) is 0 Å². The number of pyridine rings is 1. The third-order valence-corrected chi connectivity index (χ3v) is 4.67. The smallest absolute Gasteiger partial charge is 0.0325 e. The van der Waals surface area contributed by atoms with Crippen molar-refractivity contribution in [2.75, 3.05) is 19.6 Å². The lowest BCUT2D eigenvalue weighted by molar-refractivity contribution is 0.0325. The van der Waals surface area contributed by atoms with E-state index in [-0.39, 0.29) is 0 Å². The Bertz CT molecular complexity index is 392. The first kappa shape index (κ1) is 12.1. The Morgan fingerprint density at radius 3 is 2.83 bits per heavy atom. The summed E-state index contributed by atoms with van der Waals surface area (Å²) in [6, 6.07) is 6.26. The van der Waals surface area contributed by atoms with E-state index in [1.165, 1.54) is 38.0 Å². The molecule has 3 atom stereocenters. The first-order valence-electron chi connectivity index (χ1n) is 7.15. The molecule has 0 aromatic carbocycles. The van der Waals surface area contributed by atoms with Crippen molar-refractivity contribution in [3.05, 3.63) is 30.1 Å². The van der Waals surface area contributed by atoms with Gasteiger partial charge in [0.25, 0.3) is 0 Å². The summed E-state index contributed by atoms with van der Waals surface area (Å²) in [5.41, 5.74) is 1.39. The molecular formula is C15H23N3. The summed E-state index contributed by atoms with van der Waals surface area (Å²) >= 11 is 0. The van der Waals surface area contributed by atoms with Gasteiger partial charge in [0.2, 0.25) is 0 Å². The molecule has 3 heterocycles. The third-order valence-electron chi connectivity index (χ3n) is 4.67. The molecule has 0 N–H and O–H groups in total. The highest BCUT2D eigenvalue weighted by Gasteiger charge is 2.36. The largest absolute Gasteiger partial charge is 0.298 e. The average molecular weight is 245 g/mol. The third kappa shape index (κ3) is 2.17. The van der Waals surface area contributed by atoms with Crippen molar-refractivity contribution in [1.82, 2.24) is 14.8 Å². The van der Waals surface area contributed by atoms with Gasteiger partial charge in [0, 0.05) is 43.6 Å². The zero-order chi connectivity index (χ0) is 12.5. The summed E-state index contributed by atoms with van der Waals surface area (Å²) in [5.74, 6) is 0. The molecule has 2 fully saturated rings. The predicted octanol–water partition coefficient (Wildman–Crippen LogP) is 2.31. The average Bonchev–Trinajstić information content (AvgIpc) is 2.85. The fraction of sp³-hybridized carbons (Fsp3) is 0.667. The van der Waals surface area contributed by atoms with Gasteiger partial charge in [-0.05, 0) is 50.9 Å². The molecule has 1 aromatic rings. The van der Waals surface area contributed by atoms with Gasteiger partial charge in [0.05, 0.1) is 0 Å². The van der Waals surface area contributed by atoms with Crippen LogP contribution >= 0.6 is 0 Å². The summed E-state index contributed by atoms with van der Waals surface area (Å²) in [5, 5.41) is 0. The zero-order valence-electron chi connectivity index (χ0n) is 11.4. The van der Waals surface area contributed by atoms with Gasteiger partial charge in [-0.3, -0.25) is 14.8 Å². The van der Waals surface area contributed by atoms with Crippen LogP contribution in [0.5, 0.6) is 0 Å². The molecule has 1 aromatic heterocycles. The van der Waals surface area contributed by atoms with Crippen LogP contribution in [-0.2, 0) is 0 Å². The van der Waals surface area contributed by atoms with Gasteiger partial charge in [-0.1, -0.05) is 0 Å². The van der Waals surface area contributed by atoms with Crippen LogP contribution in [0.25, 0.3) is 0 Å². The number of fused-ring (bicyclic) bond motifs is 1. The van der Waals surface area contributed by atoms with Crippen molar-refractivity contribution >= 4 is 0 Å². The molecule has 18 heavy (non-hydrogen) atoms. The van der Waals surface area contributed by atoms with E-state index in [4.69, 9.17) is 0 Å². The van der Waals surface area contributed by atoms with E-state index in [0.717, 1.165) is 6.04 Å². The van der Waals surface area contributed by atoms with Gasteiger partial charge >= 0.3 is 0 Å². The normalized spacial score (nSPS) is 31.2. The molecule has 2 aliphatic heterocycles. The van der Waals surface area contributed by atoms with E-state index in [2.05, 4.69) is 40.8 Å². The maximum atomic E-state index is 4.12. The minimum absolute atomic E-state index is 0.505. The minimum atomic E-state index is 0.505. The van der Waals surface area contributed by atoms with Gasteiger partial charge in [-0.2, -0.15) is 0 Å². The van der Waals surface area contributed by atoms with Gasteiger partial charge in [0.15, 0.2) is 0 Å². The van der Waals surface area contributed by atoms with Gasteiger partial charge in [0.1, 0.15) is 0 Å². The Hall–Kier alpha value is -0.930. The molecule has 98 valence electrons. The van der Waals surface area contributed by atoms with Crippen molar-refractivity contribution in [2.24, 2.45) is 0 Å². The molecule has 2 aliphatic rings. The molecule has 3 nitrogen and oxygen atoms in total. The Kier molecular flexibility index (Phi) is 3.35. The zero-order valence-corrected chi connectivity index (χ0v) is 11.4. The van der Waals surface area contributed by atoms with E-state index in [9.17, 15) is 0 Å². The van der Waals surface area contributed by atoms with Crippen molar-refractivity contribution in [3.63, 3.8) is 0 Å². The summed E-state index contributed by atoms with van der Waals surface area (Å²) in [6.07, 6.45) is 6.58. The quantitative estimate of drug-likeness (QED) is 0.797. The molecule has 2 saturated heterocycles. The lowest BCUT2D eigenvalue weighted by atomic mass is 10.0. The highest BCUT2D eigenvalue weighted by atomic mass is 15.3. The van der Waals surface area contributed by atoms with Crippen molar-refractivity contribution in [3.8, 4) is 0 Å². The van der Waals surface area contributed by atoms with Crippen molar-refractivity contribution in [1.29, 1.82) is 0 Å². The molecule has 0 spiro atoms. The predicted molar refractivity (Wildman–Crippen MR) is 73.4 cm³/mol. The second kappa shape index (κ2) is 4.98. The first-order chi connectivity index (χ1) is 8.75. The molecule has 3 unspecified atom stereocenters. The standard InChI is InChI=1S/C15H23N3/c1-12-10-17-9-3-4-15(17)11-18(12)13(2)14-5-7-16-8-6-14/h5-8,12-13,15H,3-4,9-11H2,1-2H3. The number of aromatic nitrogens is 1. The number of piperazine rings is 1. The number of rotatable bonds is 2. The summed E-state index contributed by atoms with van der Waals surface area (Å²) in [6.45, 7) is 8.47. The Morgan fingerprint density at radius 2 is 2.06 bits per heavy atom. The van der Waals surface area contributed by atoms with Crippen LogP contribution in [0.4, 0.5) is 0 Å². The minimum Gasteiger partial charge on any atom is -0.298 e. The highest BCUT2D eigenvalue weighted by Crippen LogP contribution is 2.30. The van der Waals surface area contributed by atoms with E-state index >= 15 is 0 Å². The molecule has 3 heteroatoms. The molecule has 3 rings (SSSR count).